The maximum absolute atomic E-state index is 13.0. The highest BCUT2D eigenvalue weighted by molar-refractivity contribution is 5.92. The fourth-order valence-corrected chi connectivity index (χ4v) is 2.24. The lowest BCUT2D eigenvalue weighted by atomic mass is 9.96. The van der Waals surface area contributed by atoms with Crippen LogP contribution in [-0.2, 0) is 4.79 Å². The molecular weight excluding hydrogens is 277 g/mol. The van der Waals surface area contributed by atoms with Crippen molar-refractivity contribution in [2.75, 3.05) is 0 Å². The average Bonchev–Trinajstić information content (AvgIpc) is 2.52. The third kappa shape index (κ3) is 4.55. The monoisotopic (exact) mass is 297 g/mol. The van der Waals surface area contributed by atoms with E-state index >= 15 is 0 Å². The molecule has 2 aromatic rings. The van der Waals surface area contributed by atoms with Crippen molar-refractivity contribution >= 4 is 12.0 Å². The summed E-state index contributed by atoms with van der Waals surface area (Å²) < 4.78 is 13.0. The summed E-state index contributed by atoms with van der Waals surface area (Å²) in [5.41, 5.74) is 1.87. The second kappa shape index (κ2) is 7.55. The van der Waals surface area contributed by atoms with Crippen molar-refractivity contribution in [3.8, 4) is 0 Å². The zero-order valence-corrected chi connectivity index (χ0v) is 12.8. The first kappa shape index (κ1) is 16.0. The van der Waals surface area contributed by atoms with Gasteiger partial charge in [0, 0.05) is 6.08 Å². The zero-order valence-electron chi connectivity index (χ0n) is 12.8. The van der Waals surface area contributed by atoms with E-state index < -0.39 is 0 Å². The third-order valence-corrected chi connectivity index (χ3v) is 3.42. The first-order chi connectivity index (χ1) is 10.6. The summed E-state index contributed by atoms with van der Waals surface area (Å²) in [6, 6.07) is 15.7. The number of carbonyl (C=O) groups excluding carboxylic acids is 1. The summed E-state index contributed by atoms with van der Waals surface area (Å²) in [7, 11) is 0. The number of hydrogen-bond acceptors (Lipinski definition) is 1. The number of nitrogens with one attached hydrogen (secondary N) is 1. The van der Waals surface area contributed by atoms with E-state index in [-0.39, 0.29) is 23.7 Å². The van der Waals surface area contributed by atoms with E-state index in [4.69, 9.17) is 0 Å². The molecule has 3 heteroatoms. The molecule has 0 radical (unpaired) electrons. The molecule has 114 valence electrons. The smallest absolute Gasteiger partial charge is 0.244 e. The average molecular weight is 297 g/mol. The molecule has 1 amide bonds. The van der Waals surface area contributed by atoms with Crippen molar-refractivity contribution in [2.24, 2.45) is 5.92 Å². The molecule has 0 heterocycles. The van der Waals surface area contributed by atoms with Crippen LogP contribution in [0.15, 0.2) is 60.7 Å². The molecule has 22 heavy (non-hydrogen) atoms. The maximum Gasteiger partial charge on any atom is 0.244 e. The van der Waals surface area contributed by atoms with E-state index in [2.05, 4.69) is 5.32 Å². The Labute approximate surface area is 130 Å². The first-order valence-electron chi connectivity index (χ1n) is 7.35. The van der Waals surface area contributed by atoms with Crippen LogP contribution < -0.4 is 5.32 Å². The van der Waals surface area contributed by atoms with Crippen LogP contribution in [0.3, 0.4) is 0 Å². The van der Waals surface area contributed by atoms with Crippen molar-refractivity contribution in [2.45, 2.75) is 19.9 Å². The molecule has 0 aliphatic rings. The van der Waals surface area contributed by atoms with Crippen molar-refractivity contribution in [3.63, 3.8) is 0 Å². The van der Waals surface area contributed by atoms with E-state index in [9.17, 15) is 9.18 Å². The van der Waals surface area contributed by atoms with Crippen LogP contribution in [0.25, 0.3) is 6.08 Å². The van der Waals surface area contributed by atoms with Gasteiger partial charge in [-0.2, -0.15) is 0 Å². The summed E-state index contributed by atoms with van der Waals surface area (Å²) >= 11 is 0. The molecule has 2 nitrogen and oxygen atoms in total. The number of carbonyl (C=O) groups is 1. The highest BCUT2D eigenvalue weighted by Crippen LogP contribution is 2.21. The molecule has 0 unspecified atom stereocenters. The lowest BCUT2D eigenvalue weighted by Crippen LogP contribution is -2.30. The van der Waals surface area contributed by atoms with Gasteiger partial charge < -0.3 is 5.32 Å². The van der Waals surface area contributed by atoms with E-state index in [1.807, 2.05) is 44.2 Å². The Bertz CT molecular complexity index is 632. The van der Waals surface area contributed by atoms with Crippen molar-refractivity contribution in [3.05, 3.63) is 77.6 Å². The van der Waals surface area contributed by atoms with Gasteiger partial charge in [-0.1, -0.05) is 56.3 Å². The minimum Gasteiger partial charge on any atom is -0.345 e. The van der Waals surface area contributed by atoms with Crippen LogP contribution in [0.1, 0.15) is 31.0 Å². The molecule has 0 aliphatic heterocycles. The normalized spacial score (nSPS) is 12.5. The predicted octanol–water partition coefficient (Wildman–Crippen LogP) is 4.35. The quantitative estimate of drug-likeness (QED) is 0.817. The van der Waals surface area contributed by atoms with E-state index in [0.717, 1.165) is 11.1 Å². The number of benzene rings is 2. The van der Waals surface area contributed by atoms with Crippen LogP contribution in [-0.4, -0.2) is 5.91 Å². The van der Waals surface area contributed by atoms with Crippen molar-refractivity contribution in [1.82, 2.24) is 5.32 Å². The van der Waals surface area contributed by atoms with Crippen molar-refractivity contribution in [1.29, 1.82) is 0 Å². The molecule has 0 saturated heterocycles. The number of amides is 1. The van der Waals surface area contributed by atoms with Crippen LogP contribution in [0.5, 0.6) is 0 Å². The fourth-order valence-electron chi connectivity index (χ4n) is 2.24. The van der Waals surface area contributed by atoms with Gasteiger partial charge >= 0.3 is 0 Å². The molecule has 0 aliphatic carbocycles. The highest BCUT2D eigenvalue weighted by atomic mass is 19.1. The van der Waals surface area contributed by atoms with Gasteiger partial charge in [-0.15, -0.1) is 0 Å². The van der Waals surface area contributed by atoms with Crippen LogP contribution >= 0.6 is 0 Å². The molecule has 1 N–H and O–H groups in total. The van der Waals surface area contributed by atoms with Gasteiger partial charge in [0.25, 0.3) is 0 Å². The second-order valence-corrected chi connectivity index (χ2v) is 5.53. The molecule has 0 aromatic heterocycles. The Balaban J connectivity index is 2.06. The standard InChI is InChI=1S/C19H20FNO/c1-14(2)19(16-9-11-17(20)12-10-16)21-18(22)13-8-15-6-4-3-5-7-15/h3-14,19H,1-2H3,(H,21,22)/b13-8+/t19-/m0/s1. The molecule has 0 fully saturated rings. The Morgan fingerprint density at radius 1 is 1.05 bits per heavy atom. The first-order valence-corrected chi connectivity index (χ1v) is 7.35. The number of hydrogen-bond donors (Lipinski definition) is 1. The lowest BCUT2D eigenvalue weighted by molar-refractivity contribution is -0.117. The molecular formula is C19H20FNO. The van der Waals surface area contributed by atoms with Gasteiger partial charge in [-0.3, -0.25) is 4.79 Å². The lowest BCUT2D eigenvalue weighted by Gasteiger charge is -2.22. The summed E-state index contributed by atoms with van der Waals surface area (Å²) in [5.74, 6) is -0.229. The van der Waals surface area contributed by atoms with Crippen LogP contribution in [0, 0.1) is 11.7 Å². The SMILES string of the molecule is CC(C)[C@H](NC(=O)/C=C/c1ccccc1)c1ccc(F)cc1. The Morgan fingerprint density at radius 2 is 1.68 bits per heavy atom. The van der Waals surface area contributed by atoms with Gasteiger partial charge in [-0.25, -0.2) is 4.39 Å². The summed E-state index contributed by atoms with van der Waals surface area (Å²) in [5, 5.41) is 2.97. The molecule has 0 saturated carbocycles. The van der Waals surface area contributed by atoms with Gasteiger partial charge in [0.2, 0.25) is 5.91 Å². The fraction of sp³-hybridized carbons (Fsp3) is 0.211. The Hall–Kier alpha value is -2.42. The highest BCUT2D eigenvalue weighted by Gasteiger charge is 2.17. The Morgan fingerprint density at radius 3 is 2.27 bits per heavy atom. The summed E-state index contributed by atoms with van der Waals surface area (Å²) in [6.45, 7) is 4.05. The minimum absolute atomic E-state index is 0.145. The predicted molar refractivity (Wildman–Crippen MR) is 87.6 cm³/mol. The topological polar surface area (TPSA) is 29.1 Å². The molecule has 1 atom stereocenters. The number of halogens is 1. The maximum atomic E-state index is 13.0. The third-order valence-electron chi connectivity index (χ3n) is 3.42. The summed E-state index contributed by atoms with van der Waals surface area (Å²) in [6.07, 6.45) is 3.30. The van der Waals surface area contributed by atoms with Gasteiger partial charge in [0.1, 0.15) is 5.82 Å². The van der Waals surface area contributed by atoms with Crippen molar-refractivity contribution < 1.29 is 9.18 Å². The van der Waals surface area contributed by atoms with E-state index in [0.29, 0.717) is 0 Å². The molecule has 0 spiro atoms. The summed E-state index contributed by atoms with van der Waals surface area (Å²) in [4.78, 5) is 12.1. The Kier molecular flexibility index (Phi) is 5.48. The molecule has 2 aromatic carbocycles. The van der Waals surface area contributed by atoms with E-state index in [1.54, 1.807) is 18.2 Å². The van der Waals surface area contributed by atoms with E-state index in [1.165, 1.54) is 18.2 Å². The molecule has 2 rings (SSSR count). The second-order valence-electron chi connectivity index (χ2n) is 5.53. The zero-order chi connectivity index (χ0) is 15.9. The van der Waals surface area contributed by atoms with Crippen LogP contribution in [0.2, 0.25) is 0 Å². The van der Waals surface area contributed by atoms with Crippen LogP contribution in [0.4, 0.5) is 4.39 Å². The van der Waals surface area contributed by atoms with Gasteiger partial charge in [-0.05, 0) is 35.3 Å². The minimum atomic E-state index is -0.276. The molecule has 0 bridgehead atoms. The largest absolute Gasteiger partial charge is 0.345 e. The van der Waals surface area contributed by atoms with Gasteiger partial charge in [0.05, 0.1) is 6.04 Å². The van der Waals surface area contributed by atoms with Gasteiger partial charge in [0.15, 0.2) is 0 Å². The number of rotatable bonds is 5.